The smallest absolute Gasteiger partial charge is 0.457 e. The Hall–Kier alpha value is -3.32. The first-order chi connectivity index (χ1) is 14.6. The molecule has 5 nitrogen and oxygen atoms in total. The molecule has 0 fully saturated rings. The Morgan fingerprint density at radius 2 is 1.60 bits per heavy atom. The third kappa shape index (κ3) is 3.31. The highest BCUT2D eigenvalue weighted by Gasteiger charge is 2.15. The Bertz CT molecular complexity index is 1380. The summed E-state index contributed by atoms with van der Waals surface area (Å²) in [5, 5.41) is 21.6. The molecular formula is C23H16BClN2O3. The molecule has 7 heteroatoms. The third-order valence-electron chi connectivity index (χ3n) is 4.97. The van der Waals surface area contributed by atoms with Crippen LogP contribution in [0.5, 0.6) is 11.5 Å². The lowest BCUT2D eigenvalue weighted by molar-refractivity contribution is 0.425. The first-order valence-electron chi connectivity index (χ1n) is 9.39. The molecule has 0 spiro atoms. The molecule has 2 aromatic heterocycles. The summed E-state index contributed by atoms with van der Waals surface area (Å²) in [5.74, 6) is 1.86. The number of aromatic nitrogens is 2. The van der Waals surface area contributed by atoms with Gasteiger partial charge in [0.1, 0.15) is 17.3 Å². The van der Waals surface area contributed by atoms with Crippen molar-refractivity contribution in [3.05, 3.63) is 90.1 Å². The van der Waals surface area contributed by atoms with Crippen LogP contribution < -0.4 is 10.2 Å². The van der Waals surface area contributed by atoms with Gasteiger partial charge in [0.05, 0.1) is 11.0 Å². The highest BCUT2D eigenvalue weighted by atomic mass is 35.5. The van der Waals surface area contributed by atoms with Gasteiger partial charge in [-0.15, -0.1) is 0 Å². The average molecular weight is 415 g/mol. The molecule has 0 saturated carbocycles. The van der Waals surface area contributed by atoms with Crippen molar-refractivity contribution in [3.63, 3.8) is 0 Å². The van der Waals surface area contributed by atoms with E-state index in [4.69, 9.17) is 16.3 Å². The van der Waals surface area contributed by atoms with Crippen molar-refractivity contribution in [2.24, 2.45) is 0 Å². The Labute approximate surface area is 177 Å². The predicted octanol–water partition coefficient (Wildman–Crippen LogP) is 4.30. The molecule has 0 aliphatic heterocycles. The van der Waals surface area contributed by atoms with Gasteiger partial charge in [0.2, 0.25) is 0 Å². The number of pyridine rings is 1. The van der Waals surface area contributed by atoms with Crippen LogP contribution in [0.3, 0.4) is 0 Å². The van der Waals surface area contributed by atoms with Gasteiger partial charge >= 0.3 is 7.12 Å². The summed E-state index contributed by atoms with van der Waals surface area (Å²) in [6.07, 6.45) is 1.68. The van der Waals surface area contributed by atoms with Crippen molar-refractivity contribution in [3.8, 4) is 17.3 Å². The fourth-order valence-electron chi connectivity index (χ4n) is 3.65. The maximum atomic E-state index is 9.40. The zero-order chi connectivity index (χ0) is 20.7. The second-order valence-corrected chi connectivity index (χ2v) is 7.35. The van der Waals surface area contributed by atoms with Crippen molar-refractivity contribution in [2.45, 2.75) is 0 Å². The van der Waals surface area contributed by atoms with Gasteiger partial charge in [0, 0.05) is 34.1 Å². The van der Waals surface area contributed by atoms with Gasteiger partial charge in [-0.3, -0.25) is 4.57 Å². The maximum Gasteiger partial charge on any atom is 0.488 e. The SMILES string of the molecule is OB(O)c1cccc(Oc2ccc3c4ccccc4n(-c4cc(Cl)ccn4)c3c2)c1. The lowest BCUT2D eigenvalue weighted by Gasteiger charge is -2.10. The van der Waals surface area contributed by atoms with E-state index in [-0.39, 0.29) is 0 Å². The second-order valence-electron chi connectivity index (χ2n) is 6.91. The number of nitrogens with zero attached hydrogens (tertiary/aromatic N) is 2. The Kier molecular flexibility index (Phi) is 4.67. The minimum atomic E-state index is -1.55. The zero-order valence-electron chi connectivity index (χ0n) is 15.7. The molecule has 0 aliphatic rings. The molecule has 5 aromatic rings. The van der Waals surface area contributed by atoms with E-state index >= 15 is 0 Å². The van der Waals surface area contributed by atoms with Gasteiger partial charge in [-0.25, -0.2) is 4.98 Å². The Morgan fingerprint density at radius 1 is 0.800 bits per heavy atom. The van der Waals surface area contributed by atoms with Crippen molar-refractivity contribution in [1.82, 2.24) is 9.55 Å². The normalized spacial score (nSPS) is 11.2. The summed E-state index contributed by atoms with van der Waals surface area (Å²) >= 11 is 6.22. The monoisotopic (exact) mass is 414 g/mol. The highest BCUT2D eigenvalue weighted by Crippen LogP contribution is 2.35. The molecule has 0 aliphatic carbocycles. The van der Waals surface area contributed by atoms with Gasteiger partial charge in [-0.05, 0) is 41.9 Å². The number of para-hydroxylation sites is 1. The van der Waals surface area contributed by atoms with E-state index in [1.165, 1.54) is 0 Å². The van der Waals surface area contributed by atoms with Gasteiger partial charge in [-0.2, -0.15) is 0 Å². The van der Waals surface area contributed by atoms with Crippen molar-refractivity contribution in [2.75, 3.05) is 0 Å². The van der Waals surface area contributed by atoms with E-state index < -0.39 is 7.12 Å². The summed E-state index contributed by atoms with van der Waals surface area (Å²) in [6.45, 7) is 0. The molecule has 2 N–H and O–H groups in total. The number of halogens is 1. The zero-order valence-corrected chi connectivity index (χ0v) is 16.5. The standard InChI is InChI=1S/C23H16BClN2O3/c25-16-10-11-26-23(13-16)27-21-7-2-1-6-19(21)20-9-8-18(14-22(20)27)30-17-5-3-4-15(12-17)24(28)29/h1-14,28-29H. The molecule has 0 amide bonds. The first-order valence-corrected chi connectivity index (χ1v) is 9.77. The number of hydrogen-bond acceptors (Lipinski definition) is 4. The molecule has 2 heterocycles. The number of benzene rings is 3. The van der Waals surface area contributed by atoms with Crippen molar-refractivity contribution >= 4 is 46.0 Å². The number of fused-ring (bicyclic) bond motifs is 3. The molecule has 0 radical (unpaired) electrons. The minimum Gasteiger partial charge on any atom is -0.457 e. The molecule has 0 bridgehead atoms. The summed E-state index contributed by atoms with van der Waals surface area (Å²) < 4.78 is 8.06. The molecule has 5 rings (SSSR count). The van der Waals surface area contributed by atoms with E-state index in [1.54, 1.807) is 36.5 Å². The number of rotatable bonds is 4. The maximum absolute atomic E-state index is 9.40. The molecule has 3 aromatic carbocycles. The van der Waals surface area contributed by atoms with E-state index in [2.05, 4.69) is 15.6 Å². The summed E-state index contributed by atoms with van der Waals surface area (Å²) in [4.78, 5) is 4.51. The number of hydrogen-bond donors (Lipinski definition) is 2. The van der Waals surface area contributed by atoms with Crippen LogP contribution in [0, 0.1) is 0 Å². The summed E-state index contributed by atoms with van der Waals surface area (Å²) in [5.41, 5.74) is 2.32. The minimum absolute atomic E-state index is 0.366. The molecular weight excluding hydrogens is 399 g/mol. The van der Waals surface area contributed by atoms with E-state index in [0.717, 1.165) is 27.6 Å². The predicted molar refractivity (Wildman–Crippen MR) is 120 cm³/mol. The van der Waals surface area contributed by atoms with Gasteiger partial charge < -0.3 is 14.8 Å². The van der Waals surface area contributed by atoms with Crippen LogP contribution in [0.4, 0.5) is 0 Å². The fourth-order valence-corrected chi connectivity index (χ4v) is 3.81. The topological polar surface area (TPSA) is 67.5 Å². The highest BCUT2D eigenvalue weighted by molar-refractivity contribution is 6.58. The van der Waals surface area contributed by atoms with E-state index in [1.807, 2.05) is 42.5 Å². The van der Waals surface area contributed by atoms with Gasteiger partial charge in [-0.1, -0.05) is 41.9 Å². The fraction of sp³-hybridized carbons (Fsp3) is 0. The summed E-state index contributed by atoms with van der Waals surface area (Å²) in [7, 11) is -1.55. The van der Waals surface area contributed by atoms with E-state index in [9.17, 15) is 10.0 Å². The van der Waals surface area contributed by atoms with Crippen LogP contribution in [-0.2, 0) is 0 Å². The van der Waals surface area contributed by atoms with Crippen LogP contribution in [0.15, 0.2) is 85.1 Å². The summed E-state index contributed by atoms with van der Waals surface area (Å²) in [6, 6.07) is 24.3. The van der Waals surface area contributed by atoms with Crippen LogP contribution in [0.1, 0.15) is 0 Å². The second kappa shape index (κ2) is 7.50. The lowest BCUT2D eigenvalue weighted by Crippen LogP contribution is -2.29. The van der Waals surface area contributed by atoms with Crippen LogP contribution in [-0.4, -0.2) is 26.7 Å². The van der Waals surface area contributed by atoms with Crippen LogP contribution in [0.25, 0.3) is 27.6 Å². The van der Waals surface area contributed by atoms with Crippen LogP contribution >= 0.6 is 11.6 Å². The Morgan fingerprint density at radius 3 is 2.43 bits per heavy atom. The van der Waals surface area contributed by atoms with Gasteiger partial charge in [0.15, 0.2) is 0 Å². The van der Waals surface area contributed by atoms with Gasteiger partial charge in [0.25, 0.3) is 0 Å². The van der Waals surface area contributed by atoms with E-state index in [0.29, 0.717) is 22.0 Å². The largest absolute Gasteiger partial charge is 0.488 e. The quantitative estimate of drug-likeness (QED) is 0.430. The van der Waals surface area contributed by atoms with Crippen molar-refractivity contribution < 1.29 is 14.8 Å². The van der Waals surface area contributed by atoms with Crippen LogP contribution in [0.2, 0.25) is 5.02 Å². The lowest BCUT2D eigenvalue weighted by atomic mass is 9.80. The third-order valence-corrected chi connectivity index (χ3v) is 5.21. The number of ether oxygens (including phenoxy) is 1. The first kappa shape index (κ1) is 18.7. The molecule has 146 valence electrons. The van der Waals surface area contributed by atoms with Crippen molar-refractivity contribution in [1.29, 1.82) is 0 Å². The molecule has 0 unspecified atom stereocenters. The average Bonchev–Trinajstić information content (AvgIpc) is 3.07. The molecule has 30 heavy (non-hydrogen) atoms. The molecule has 0 atom stereocenters. The Balaban J connectivity index is 1.68. The molecule has 0 saturated heterocycles.